The molecule has 0 aliphatic rings. The molecule has 0 atom stereocenters. The summed E-state index contributed by atoms with van der Waals surface area (Å²) in [5, 5.41) is 4.22. The number of nitrogens with zero attached hydrogens (tertiary/aromatic N) is 4. The number of H-pyrrole nitrogens is 1. The van der Waals surface area contributed by atoms with Crippen molar-refractivity contribution in [1.29, 1.82) is 0 Å². The van der Waals surface area contributed by atoms with Crippen LogP contribution in [0.4, 0.5) is 0 Å². The molecule has 6 heteroatoms. The van der Waals surface area contributed by atoms with Gasteiger partial charge in [0.15, 0.2) is 11.2 Å². The zero-order chi connectivity index (χ0) is 12.4. The largest absolute Gasteiger partial charge is 0.311 e. The van der Waals surface area contributed by atoms with Gasteiger partial charge in [-0.05, 0) is 5.56 Å². The summed E-state index contributed by atoms with van der Waals surface area (Å²) < 4.78 is 1.47. The van der Waals surface area contributed by atoms with E-state index in [2.05, 4.69) is 20.1 Å². The van der Waals surface area contributed by atoms with E-state index in [4.69, 9.17) is 0 Å². The molecule has 6 nitrogen and oxygen atoms in total. The van der Waals surface area contributed by atoms with Gasteiger partial charge in [0.2, 0.25) is 0 Å². The van der Waals surface area contributed by atoms with Crippen LogP contribution in [0, 0.1) is 0 Å². The van der Waals surface area contributed by atoms with Crippen molar-refractivity contribution in [2.24, 2.45) is 5.10 Å². The van der Waals surface area contributed by atoms with Crippen LogP contribution in [0.15, 0.2) is 52.9 Å². The monoisotopic (exact) mass is 239 g/mol. The number of hydrogen-bond donors (Lipinski definition) is 1. The second-order valence-electron chi connectivity index (χ2n) is 3.65. The third-order valence-electron chi connectivity index (χ3n) is 2.45. The Morgan fingerprint density at radius 1 is 1.22 bits per heavy atom. The minimum Gasteiger partial charge on any atom is -0.311 e. The molecule has 0 saturated heterocycles. The Balaban J connectivity index is 2.04. The molecule has 2 heterocycles. The zero-order valence-electron chi connectivity index (χ0n) is 9.32. The van der Waals surface area contributed by atoms with Gasteiger partial charge in [0.05, 0.1) is 12.5 Å². The van der Waals surface area contributed by atoms with Crippen LogP contribution < -0.4 is 5.56 Å². The fourth-order valence-corrected chi connectivity index (χ4v) is 1.59. The van der Waals surface area contributed by atoms with E-state index in [1.165, 1.54) is 17.3 Å². The predicted octanol–water partition coefficient (Wildman–Crippen LogP) is 1.00. The maximum Gasteiger partial charge on any atom is 0.278 e. The van der Waals surface area contributed by atoms with Crippen LogP contribution in [-0.4, -0.2) is 25.8 Å². The van der Waals surface area contributed by atoms with Gasteiger partial charge in [0, 0.05) is 0 Å². The number of aromatic amines is 1. The normalized spacial score (nSPS) is 11.3. The van der Waals surface area contributed by atoms with Crippen LogP contribution in [0.5, 0.6) is 0 Å². The van der Waals surface area contributed by atoms with E-state index in [-0.39, 0.29) is 11.1 Å². The highest BCUT2D eigenvalue weighted by Crippen LogP contribution is 2.03. The molecule has 3 aromatic rings. The highest BCUT2D eigenvalue weighted by Gasteiger charge is 2.05. The first-order valence-electron chi connectivity index (χ1n) is 5.35. The van der Waals surface area contributed by atoms with Crippen molar-refractivity contribution in [3.8, 4) is 0 Å². The van der Waals surface area contributed by atoms with Gasteiger partial charge < -0.3 is 4.98 Å². The van der Waals surface area contributed by atoms with Crippen molar-refractivity contribution in [2.75, 3.05) is 0 Å². The van der Waals surface area contributed by atoms with Crippen LogP contribution in [0.3, 0.4) is 0 Å². The van der Waals surface area contributed by atoms with Gasteiger partial charge in [0.25, 0.3) is 5.56 Å². The smallest absolute Gasteiger partial charge is 0.278 e. The summed E-state index contributed by atoms with van der Waals surface area (Å²) >= 11 is 0. The first-order valence-corrected chi connectivity index (χ1v) is 5.35. The molecule has 1 N–H and O–H groups in total. The maximum absolute atomic E-state index is 11.4. The van der Waals surface area contributed by atoms with Crippen molar-refractivity contribution < 1.29 is 0 Å². The first kappa shape index (κ1) is 10.4. The molecule has 0 radical (unpaired) electrons. The Hall–Kier alpha value is -2.76. The van der Waals surface area contributed by atoms with Gasteiger partial charge in [-0.25, -0.2) is 14.6 Å². The SMILES string of the molecule is O=c1[nH]cnc2c1ncn2/N=C/c1ccccc1. The lowest BCUT2D eigenvalue weighted by molar-refractivity contribution is 0.896. The summed E-state index contributed by atoms with van der Waals surface area (Å²) in [6.07, 6.45) is 4.48. The van der Waals surface area contributed by atoms with Crippen LogP contribution in [0.2, 0.25) is 0 Å². The minimum atomic E-state index is -0.270. The van der Waals surface area contributed by atoms with Gasteiger partial charge >= 0.3 is 0 Å². The average Bonchev–Trinajstić information content (AvgIpc) is 2.82. The molecule has 0 bridgehead atoms. The van der Waals surface area contributed by atoms with Gasteiger partial charge in [-0.15, -0.1) is 0 Å². The van der Waals surface area contributed by atoms with E-state index in [1.807, 2.05) is 30.3 Å². The minimum absolute atomic E-state index is 0.270. The molecule has 1 aromatic carbocycles. The Bertz CT molecular complexity index is 757. The van der Waals surface area contributed by atoms with Crippen molar-refractivity contribution >= 4 is 17.4 Å². The molecule has 0 spiro atoms. The third-order valence-corrected chi connectivity index (χ3v) is 2.45. The summed E-state index contributed by atoms with van der Waals surface area (Å²) in [6.45, 7) is 0. The van der Waals surface area contributed by atoms with E-state index in [1.54, 1.807) is 6.21 Å². The third kappa shape index (κ3) is 1.80. The lowest BCUT2D eigenvalue weighted by atomic mass is 10.2. The first-order chi connectivity index (χ1) is 8.84. The van der Waals surface area contributed by atoms with E-state index in [0.717, 1.165) is 5.56 Å². The predicted molar refractivity (Wildman–Crippen MR) is 67.6 cm³/mol. The Kier molecular flexibility index (Phi) is 2.45. The van der Waals surface area contributed by atoms with Crippen molar-refractivity contribution in [3.05, 3.63) is 58.9 Å². The van der Waals surface area contributed by atoms with Crippen LogP contribution in [0.1, 0.15) is 5.56 Å². The maximum atomic E-state index is 11.4. The molecule has 0 aliphatic heterocycles. The number of rotatable bonds is 2. The van der Waals surface area contributed by atoms with Gasteiger partial charge in [-0.3, -0.25) is 4.79 Å². The van der Waals surface area contributed by atoms with Gasteiger partial charge in [0.1, 0.15) is 6.33 Å². The number of hydrogen-bond acceptors (Lipinski definition) is 4. The summed E-state index contributed by atoms with van der Waals surface area (Å²) in [5.41, 5.74) is 1.41. The topological polar surface area (TPSA) is 75.9 Å². The van der Waals surface area contributed by atoms with E-state index in [9.17, 15) is 4.79 Å². The molecule has 2 aromatic heterocycles. The van der Waals surface area contributed by atoms with E-state index < -0.39 is 0 Å². The summed E-state index contributed by atoms with van der Waals surface area (Å²) in [7, 11) is 0. The van der Waals surface area contributed by atoms with Crippen molar-refractivity contribution in [2.45, 2.75) is 0 Å². The van der Waals surface area contributed by atoms with Gasteiger partial charge in [-0.2, -0.15) is 5.10 Å². The second-order valence-corrected chi connectivity index (χ2v) is 3.65. The highest BCUT2D eigenvalue weighted by molar-refractivity contribution is 5.80. The molecule has 0 aliphatic carbocycles. The molecule has 0 fully saturated rings. The Labute approximate surface area is 102 Å². The molecule has 0 saturated carbocycles. The molecular weight excluding hydrogens is 230 g/mol. The number of fused-ring (bicyclic) bond motifs is 1. The Morgan fingerprint density at radius 2 is 2.06 bits per heavy atom. The standard InChI is InChI=1S/C12H9N5O/c18-12-10-11(13-7-14-12)17(8-15-10)16-6-9-4-2-1-3-5-9/h1-8H,(H,13,14,18)/b16-6+. The summed E-state index contributed by atoms with van der Waals surface area (Å²) in [6, 6.07) is 9.66. The van der Waals surface area contributed by atoms with Gasteiger partial charge in [-0.1, -0.05) is 30.3 Å². The quantitative estimate of drug-likeness (QED) is 0.678. The molecular formula is C12H9N5O. The fraction of sp³-hybridized carbons (Fsp3) is 0. The molecule has 0 amide bonds. The number of imidazole rings is 1. The lowest BCUT2D eigenvalue weighted by Crippen LogP contribution is -2.06. The van der Waals surface area contributed by atoms with Crippen LogP contribution in [-0.2, 0) is 0 Å². The van der Waals surface area contributed by atoms with Crippen LogP contribution in [0.25, 0.3) is 11.2 Å². The average molecular weight is 239 g/mol. The lowest BCUT2D eigenvalue weighted by Gasteiger charge is -1.94. The fourth-order valence-electron chi connectivity index (χ4n) is 1.59. The van der Waals surface area contributed by atoms with Crippen molar-refractivity contribution in [1.82, 2.24) is 19.6 Å². The number of nitrogens with one attached hydrogen (secondary N) is 1. The summed E-state index contributed by atoms with van der Waals surface area (Å²) in [5.74, 6) is 0. The molecule has 0 unspecified atom stereocenters. The van der Waals surface area contributed by atoms with Crippen LogP contribution >= 0.6 is 0 Å². The molecule has 3 rings (SSSR count). The zero-order valence-corrected chi connectivity index (χ0v) is 9.32. The number of benzene rings is 1. The van der Waals surface area contributed by atoms with E-state index >= 15 is 0 Å². The van der Waals surface area contributed by atoms with E-state index in [0.29, 0.717) is 5.65 Å². The molecule has 88 valence electrons. The molecule has 18 heavy (non-hydrogen) atoms. The van der Waals surface area contributed by atoms with Crippen molar-refractivity contribution in [3.63, 3.8) is 0 Å². The second kappa shape index (κ2) is 4.25. The number of aromatic nitrogens is 4. The summed E-state index contributed by atoms with van der Waals surface area (Å²) in [4.78, 5) is 21.9. The highest BCUT2D eigenvalue weighted by atomic mass is 16.1. The Morgan fingerprint density at radius 3 is 2.89 bits per heavy atom.